The normalized spacial score (nSPS) is 17.1. The quantitative estimate of drug-likeness (QED) is 0.912. The Morgan fingerprint density at radius 3 is 3.12 bits per heavy atom. The van der Waals surface area contributed by atoms with Gasteiger partial charge in [0.05, 0.1) is 24.9 Å². The van der Waals surface area contributed by atoms with Gasteiger partial charge < -0.3 is 15.0 Å². The monoisotopic (exact) mass is 333 g/mol. The Morgan fingerprint density at radius 1 is 1.50 bits per heavy atom. The summed E-state index contributed by atoms with van der Waals surface area (Å²) in [6.07, 6.45) is 4.97. The van der Waals surface area contributed by atoms with Crippen molar-refractivity contribution in [2.24, 2.45) is 0 Å². The zero-order valence-corrected chi connectivity index (χ0v) is 13.5. The highest BCUT2D eigenvalue weighted by molar-refractivity contribution is 5.91. The maximum absolute atomic E-state index is 13.4. The molecular weight excluding hydrogens is 313 g/mol. The third-order valence-corrected chi connectivity index (χ3v) is 3.99. The van der Waals surface area contributed by atoms with Crippen molar-refractivity contribution in [2.75, 3.05) is 18.5 Å². The molecular formula is C16H20FN5O2. The highest BCUT2D eigenvalue weighted by Crippen LogP contribution is 2.27. The number of hydrogen-bond donors (Lipinski definition) is 1. The van der Waals surface area contributed by atoms with E-state index in [1.807, 2.05) is 6.92 Å². The Balaban J connectivity index is 1.70. The molecule has 1 atom stereocenters. The maximum atomic E-state index is 13.4. The Kier molecular flexibility index (Phi) is 4.93. The molecule has 0 radical (unpaired) electrons. The van der Waals surface area contributed by atoms with Crippen molar-refractivity contribution in [2.45, 2.75) is 32.4 Å². The third-order valence-electron chi connectivity index (χ3n) is 3.99. The lowest BCUT2D eigenvalue weighted by Gasteiger charge is -2.25. The van der Waals surface area contributed by atoms with Crippen LogP contribution in [-0.2, 0) is 6.54 Å². The minimum atomic E-state index is -0.401. The average molecular weight is 333 g/mol. The molecule has 1 aliphatic heterocycles. The van der Waals surface area contributed by atoms with E-state index in [4.69, 9.17) is 4.74 Å². The Labute approximate surface area is 139 Å². The highest BCUT2D eigenvalue weighted by atomic mass is 19.1. The van der Waals surface area contributed by atoms with Gasteiger partial charge in [-0.2, -0.15) is 5.10 Å². The number of urea groups is 1. The first kappa shape index (κ1) is 16.2. The fourth-order valence-electron chi connectivity index (χ4n) is 2.90. The van der Waals surface area contributed by atoms with E-state index >= 15 is 0 Å². The summed E-state index contributed by atoms with van der Waals surface area (Å²) in [5.41, 5.74) is 0.467. The van der Waals surface area contributed by atoms with Gasteiger partial charge in [0, 0.05) is 12.6 Å². The SMILES string of the molecule is CCOc1cc(F)ccc1NC(=O)N1CCCC1Cn1cncn1. The molecule has 1 aromatic carbocycles. The van der Waals surface area contributed by atoms with Gasteiger partial charge in [-0.05, 0) is 31.9 Å². The summed E-state index contributed by atoms with van der Waals surface area (Å²) in [4.78, 5) is 18.3. The molecule has 0 spiro atoms. The van der Waals surface area contributed by atoms with Gasteiger partial charge in [-0.15, -0.1) is 0 Å². The summed E-state index contributed by atoms with van der Waals surface area (Å²) in [7, 11) is 0. The lowest BCUT2D eigenvalue weighted by Crippen LogP contribution is -2.40. The van der Waals surface area contributed by atoms with E-state index in [0.717, 1.165) is 12.8 Å². The Bertz CT molecular complexity index is 692. The molecule has 24 heavy (non-hydrogen) atoms. The van der Waals surface area contributed by atoms with Gasteiger partial charge in [-0.3, -0.25) is 4.68 Å². The average Bonchev–Trinajstić information content (AvgIpc) is 3.22. The molecule has 0 saturated carbocycles. The first-order valence-electron chi connectivity index (χ1n) is 7.99. The molecule has 1 aliphatic rings. The molecule has 0 bridgehead atoms. The van der Waals surface area contributed by atoms with Crippen LogP contribution in [0.5, 0.6) is 5.75 Å². The van der Waals surface area contributed by atoms with Crippen LogP contribution in [0.4, 0.5) is 14.9 Å². The molecule has 0 aliphatic carbocycles. The van der Waals surface area contributed by atoms with Gasteiger partial charge in [-0.25, -0.2) is 14.2 Å². The van der Waals surface area contributed by atoms with E-state index in [9.17, 15) is 9.18 Å². The van der Waals surface area contributed by atoms with Crippen LogP contribution in [-0.4, -0.2) is 44.9 Å². The van der Waals surface area contributed by atoms with Gasteiger partial charge in [-0.1, -0.05) is 0 Å². The van der Waals surface area contributed by atoms with Crippen molar-refractivity contribution in [1.82, 2.24) is 19.7 Å². The number of nitrogens with one attached hydrogen (secondary N) is 1. The maximum Gasteiger partial charge on any atom is 0.322 e. The number of rotatable bonds is 5. The summed E-state index contributed by atoms with van der Waals surface area (Å²) in [6.45, 7) is 3.49. The van der Waals surface area contributed by atoms with Gasteiger partial charge >= 0.3 is 6.03 Å². The van der Waals surface area contributed by atoms with Gasteiger partial charge in [0.1, 0.15) is 24.2 Å². The van der Waals surface area contributed by atoms with E-state index in [0.29, 0.717) is 31.1 Å². The topological polar surface area (TPSA) is 72.3 Å². The van der Waals surface area contributed by atoms with Crippen LogP contribution in [0.25, 0.3) is 0 Å². The number of benzene rings is 1. The van der Waals surface area contributed by atoms with Gasteiger partial charge in [0.15, 0.2) is 0 Å². The van der Waals surface area contributed by atoms with Crippen molar-refractivity contribution in [1.29, 1.82) is 0 Å². The number of nitrogens with zero attached hydrogens (tertiary/aromatic N) is 4. The molecule has 1 N–H and O–H groups in total. The first-order chi connectivity index (χ1) is 11.7. The molecule has 1 unspecified atom stereocenters. The van der Waals surface area contributed by atoms with Crippen molar-refractivity contribution in [3.05, 3.63) is 36.7 Å². The summed E-state index contributed by atoms with van der Waals surface area (Å²) < 4.78 is 20.5. The van der Waals surface area contributed by atoms with Crippen molar-refractivity contribution >= 4 is 11.7 Å². The minimum absolute atomic E-state index is 0.0580. The minimum Gasteiger partial charge on any atom is -0.492 e. The van der Waals surface area contributed by atoms with E-state index < -0.39 is 5.82 Å². The second-order valence-electron chi connectivity index (χ2n) is 5.61. The van der Waals surface area contributed by atoms with E-state index in [1.54, 1.807) is 15.9 Å². The van der Waals surface area contributed by atoms with Crippen LogP contribution in [0, 0.1) is 5.82 Å². The van der Waals surface area contributed by atoms with Crippen LogP contribution in [0.15, 0.2) is 30.9 Å². The molecule has 7 nitrogen and oxygen atoms in total. The molecule has 2 aromatic rings. The molecule has 3 rings (SSSR count). The van der Waals surface area contributed by atoms with E-state index in [-0.39, 0.29) is 12.1 Å². The predicted octanol–water partition coefficient (Wildman–Crippen LogP) is 2.51. The number of anilines is 1. The number of amides is 2. The number of halogens is 1. The summed E-state index contributed by atoms with van der Waals surface area (Å²) in [5, 5.41) is 6.92. The number of ether oxygens (including phenoxy) is 1. The molecule has 8 heteroatoms. The second kappa shape index (κ2) is 7.29. The highest BCUT2D eigenvalue weighted by Gasteiger charge is 2.29. The molecule has 1 aromatic heterocycles. The fraction of sp³-hybridized carbons (Fsp3) is 0.438. The van der Waals surface area contributed by atoms with Gasteiger partial charge in [0.25, 0.3) is 0 Å². The lowest BCUT2D eigenvalue weighted by atomic mass is 10.2. The van der Waals surface area contributed by atoms with Crippen LogP contribution >= 0.6 is 0 Å². The van der Waals surface area contributed by atoms with Crippen LogP contribution in [0.1, 0.15) is 19.8 Å². The number of carbonyl (C=O) groups excluding carboxylic acids is 1. The summed E-state index contributed by atoms with van der Waals surface area (Å²) >= 11 is 0. The smallest absolute Gasteiger partial charge is 0.322 e. The Morgan fingerprint density at radius 2 is 2.38 bits per heavy atom. The standard InChI is InChI=1S/C16H20FN5O2/c1-2-24-15-8-12(17)5-6-14(15)20-16(23)22-7-3-4-13(22)9-21-11-18-10-19-21/h5-6,8,10-11,13H,2-4,7,9H2,1H3,(H,20,23). The molecule has 1 fully saturated rings. The number of aromatic nitrogens is 3. The van der Waals surface area contributed by atoms with E-state index in [1.165, 1.54) is 24.5 Å². The van der Waals surface area contributed by atoms with Crippen LogP contribution < -0.4 is 10.1 Å². The Hall–Kier alpha value is -2.64. The number of hydrogen-bond acceptors (Lipinski definition) is 4. The lowest BCUT2D eigenvalue weighted by molar-refractivity contribution is 0.199. The third kappa shape index (κ3) is 3.64. The fourth-order valence-corrected chi connectivity index (χ4v) is 2.90. The summed E-state index contributed by atoms with van der Waals surface area (Å²) in [6, 6.07) is 3.93. The number of likely N-dealkylation sites (tertiary alicyclic amines) is 1. The summed E-state index contributed by atoms with van der Waals surface area (Å²) in [5.74, 6) is -0.0699. The molecule has 2 amide bonds. The predicted molar refractivity (Wildman–Crippen MR) is 86.3 cm³/mol. The second-order valence-corrected chi connectivity index (χ2v) is 5.61. The van der Waals surface area contributed by atoms with Crippen LogP contribution in [0.3, 0.4) is 0 Å². The van der Waals surface area contributed by atoms with E-state index in [2.05, 4.69) is 15.4 Å². The van der Waals surface area contributed by atoms with Crippen molar-refractivity contribution in [3.8, 4) is 5.75 Å². The van der Waals surface area contributed by atoms with Crippen LogP contribution in [0.2, 0.25) is 0 Å². The van der Waals surface area contributed by atoms with Crippen molar-refractivity contribution < 1.29 is 13.9 Å². The molecule has 128 valence electrons. The zero-order chi connectivity index (χ0) is 16.9. The first-order valence-corrected chi connectivity index (χ1v) is 7.99. The molecule has 2 heterocycles. The number of carbonyl (C=O) groups is 1. The largest absolute Gasteiger partial charge is 0.492 e. The van der Waals surface area contributed by atoms with Crippen molar-refractivity contribution in [3.63, 3.8) is 0 Å². The van der Waals surface area contributed by atoms with Gasteiger partial charge in [0.2, 0.25) is 0 Å². The molecule has 1 saturated heterocycles. The zero-order valence-electron chi connectivity index (χ0n) is 13.5.